The van der Waals surface area contributed by atoms with E-state index in [1.54, 1.807) is 12.4 Å². The van der Waals surface area contributed by atoms with E-state index in [-0.39, 0.29) is 17.5 Å². The second-order valence-corrected chi connectivity index (χ2v) is 8.94. The number of amides is 1. The highest BCUT2D eigenvalue weighted by molar-refractivity contribution is 5.73. The lowest BCUT2D eigenvalue weighted by Crippen LogP contribution is -2.14. The molecule has 13 heteroatoms. The zero-order valence-electron chi connectivity index (χ0n) is 23.3. The maximum absolute atomic E-state index is 12.5. The van der Waals surface area contributed by atoms with E-state index in [9.17, 15) is 22.8 Å². The molecule has 2 aromatic heterocycles. The Balaban J connectivity index is 0.000000299. The fraction of sp³-hybridized carbons (Fsp3) is 0.310. The Kier molecular flexibility index (Phi) is 13.2. The summed E-state index contributed by atoms with van der Waals surface area (Å²) in [5.41, 5.74) is 1.69. The number of nitrogens with zero attached hydrogens (tertiary/aromatic N) is 5. The van der Waals surface area contributed by atoms with Gasteiger partial charge in [-0.3, -0.25) is 4.79 Å². The predicted octanol–water partition coefficient (Wildman–Crippen LogP) is 5.35. The number of halogens is 3. The van der Waals surface area contributed by atoms with Crippen molar-refractivity contribution in [2.24, 2.45) is 10.9 Å². The van der Waals surface area contributed by atoms with E-state index in [4.69, 9.17) is 9.84 Å². The maximum atomic E-state index is 12.5. The highest BCUT2D eigenvalue weighted by Gasteiger charge is 2.36. The number of anilines is 1. The van der Waals surface area contributed by atoms with Crippen molar-refractivity contribution in [3.05, 3.63) is 72.8 Å². The minimum Gasteiger partial charge on any atom is -0.460 e. The van der Waals surface area contributed by atoms with Crippen LogP contribution in [-0.4, -0.2) is 57.5 Å². The quantitative estimate of drug-likeness (QED) is 0.186. The molecule has 2 atom stereocenters. The average molecular weight is 587 g/mol. The molecule has 224 valence electrons. The first-order chi connectivity index (χ1) is 20.2. The van der Waals surface area contributed by atoms with Gasteiger partial charge in [0.2, 0.25) is 6.41 Å². The van der Waals surface area contributed by atoms with Gasteiger partial charge < -0.3 is 20.0 Å². The van der Waals surface area contributed by atoms with Crippen LogP contribution in [0.2, 0.25) is 0 Å². The Morgan fingerprint density at radius 3 is 2.36 bits per heavy atom. The van der Waals surface area contributed by atoms with Crippen LogP contribution < -0.4 is 10.1 Å². The van der Waals surface area contributed by atoms with Gasteiger partial charge in [-0.2, -0.15) is 18.3 Å². The van der Waals surface area contributed by atoms with Gasteiger partial charge in [0.15, 0.2) is 11.5 Å². The van der Waals surface area contributed by atoms with Crippen molar-refractivity contribution in [3.63, 3.8) is 0 Å². The number of rotatable bonds is 10. The molecule has 0 unspecified atom stereocenters. The topological polar surface area (TPSA) is 132 Å². The van der Waals surface area contributed by atoms with Gasteiger partial charge in [0.25, 0.3) is 0 Å². The van der Waals surface area contributed by atoms with E-state index in [0.717, 1.165) is 54.2 Å². The van der Waals surface area contributed by atoms with Gasteiger partial charge in [0.05, 0.1) is 0 Å². The molecule has 2 heterocycles. The molecule has 1 aliphatic rings. The van der Waals surface area contributed by atoms with Crippen LogP contribution in [0.4, 0.5) is 18.9 Å². The molecule has 0 aliphatic heterocycles. The summed E-state index contributed by atoms with van der Waals surface area (Å²) in [6.45, 7) is 8.01. The molecule has 0 radical (unpaired) electrons. The molecular formula is C29H33F3N6O4. The van der Waals surface area contributed by atoms with Gasteiger partial charge in [-0.15, -0.1) is 0 Å². The smallest absolute Gasteiger partial charge is 0.435 e. The van der Waals surface area contributed by atoms with Crippen LogP contribution in [0, 0.1) is 12.8 Å². The van der Waals surface area contributed by atoms with E-state index in [1.165, 1.54) is 25.3 Å². The number of benzene rings is 1. The summed E-state index contributed by atoms with van der Waals surface area (Å²) in [4.78, 5) is 33.1. The predicted molar refractivity (Wildman–Crippen MR) is 154 cm³/mol. The van der Waals surface area contributed by atoms with Crippen molar-refractivity contribution in [1.82, 2.24) is 19.7 Å². The number of aliphatic hydroxyl groups excluding tert-OH is 1. The number of carbonyl (C=O) groups excluding carboxylic acids is 2. The number of alkyl halides is 3. The monoisotopic (exact) mass is 586 g/mol. The number of ether oxygens (including phenoxy) is 1. The standard InChI is InChI=1S/C18H19N3O3.C10H10F3N3.CH4O/c22-8-7-13-1-6-17(9-13)24-18-19-10-15(11-20-18)14-2-4-16(5-3-14)21-12-23;1-4-5-8(14-3)16-6-7(2)9(15-16)10(11,12)13;1-2/h2-5,8,10-13,17H,1,6-7,9H2,(H,21,23);4-6H,1,3H2,2H3;2H,1H3/b;8-5+;/t13-,17+;;/m0../s1. The van der Waals surface area contributed by atoms with E-state index in [2.05, 4.69) is 38.7 Å². The second-order valence-electron chi connectivity index (χ2n) is 8.94. The Hall–Kier alpha value is -4.65. The number of aliphatic hydroxyl groups is 1. The molecule has 0 saturated heterocycles. The normalized spacial score (nSPS) is 16.2. The van der Waals surface area contributed by atoms with E-state index in [0.29, 0.717) is 24.8 Å². The second kappa shape index (κ2) is 16.6. The molecule has 0 spiro atoms. The molecule has 42 heavy (non-hydrogen) atoms. The number of hydrogen-bond donors (Lipinski definition) is 2. The van der Waals surface area contributed by atoms with Gasteiger partial charge in [-0.05, 0) is 62.6 Å². The number of carbonyl (C=O) groups is 2. The minimum absolute atomic E-state index is 0.0334. The summed E-state index contributed by atoms with van der Waals surface area (Å²) in [5, 5.41) is 13.0. The lowest BCUT2D eigenvalue weighted by Gasteiger charge is -2.12. The first kappa shape index (κ1) is 33.6. The van der Waals surface area contributed by atoms with Crippen molar-refractivity contribution in [3.8, 4) is 17.1 Å². The third-order valence-corrected chi connectivity index (χ3v) is 6.10. The van der Waals surface area contributed by atoms with Crippen LogP contribution >= 0.6 is 0 Å². The van der Waals surface area contributed by atoms with Crippen LogP contribution in [-0.2, 0) is 15.8 Å². The van der Waals surface area contributed by atoms with Crippen LogP contribution in [0.1, 0.15) is 36.9 Å². The van der Waals surface area contributed by atoms with E-state index < -0.39 is 11.9 Å². The number of allylic oxidation sites excluding steroid dienone is 2. The third kappa shape index (κ3) is 9.77. The number of aromatic nitrogens is 4. The van der Waals surface area contributed by atoms with Gasteiger partial charge in [0, 0.05) is 48.9 Å². The molecule has 0 bridgehead atoms. The minimum atomic E-state index is -4.46. The average Bonchev–Trinajstić information content (AvgIpc) is 3.60. The number of aldehydes is 1. The summed E-state index contributed by atoms with van der Waals surface area (Å²) in [7, 11) is 1.00. The van der Waals surface area contributed by atoms with Crippen molar-refractivity contribution in [1.29, 1.82) is 0 Å². The van der Waals surface area contributed by atoms with Gasteiger partial charge in [-0.25, -0.2) is 19.6 Å². The summed E-state index contributed by atoms with van der Waals surface area (Å²) in [6.07, 6.45) is 8.21. The van der Waals surface area contributed by atoms with Gasteiger partial charge in [-0.1, -0.05) is 24.8 Å². The molecule has 1 saturated carbocycles. The molecule has 2 N–H and O–H groups in total. The molecule has 1 fully saturated rings. The number of aryl methyl sites for hydroxylation is 1. The van der Waals surface area contributed by atoms with Gasteiger partial charge >= 0.3 is 12.2 Å². The van der Waals surface area contributed by atoms with Crippen LogP contribution in [0.5, 0.6) is 6.01 Å². The molecule has 4 rings (SSSR count). The molecule has 1 aromatic carbocycles. The number of nitrogens with one attached hydrogen (secondary N) is 1. The fourth-order valence-electron chi connectivity index (χ4n) is 4.15. The Labute approximate surface area is 241 Å². The Bertz CT molecular complexity index is 1340. The zero-order valence-corrected chi connectivity index (χ0v) is 23.3. The van der Waals surface area contributed by atoms with Crippen molar-refractivity contribution in [2.45, 2.75) is 44.9 Å². The van der Waals surface area contributed by atoms with Crippen LogP contribution in [0.25, 0.3) is 16.9 Å². The molecule has 3 aromatic rings. The van der Waals surface area contributed by atoms with Crippen molar-refractivity contribution in [2.75, 3.05) is 12.4 Å². The first-order valence-electron chi connectivity index (χ1n) is 12.8. The molecule has 1 aliphatic carbocycles. The van der Waals surface area contributed by atoms with E-state index in [1.807, 2.05) is 24.3 Å². The highest BCUT2D eigenvalue weighted by Crippen LogP contribution is 2.31. The summed E-state index contributed by atoms with van der Waals surface area (Å²) in [6, 6.07) is 7.80. The van der Waals surface area contributed by atoms with Crippen molar-refractivity contribution < 1.29 is 32.6 Å². The molecule has 1 amide bonds. The highest BCUT2D eigenvalue weighted by atomic mass is 19.4. The first-order valence-corrected chi connectivity index (χ1v) is 12.8. The summed E-state index contributed by atoms with van der Waals surface area (Å²) >= 11 is 0. The van der Waals surface area contributed by atoms with E-state index >= 15 is 0 Å². The van der Waals surface area contributed by atoms with Crippen LogP contribution in [0.15, 0.2) is 66.6 Å². The van der Waals surface area contributed by atoms with Gasteiger partial charge in [0.1, 0.15) is 12.4 Å². The Morgan fingerprint density at radius 2 is 1.83 bits per heavy atom. The van der Waals surface area contributed by atoms with Crippen molar-refractivity contribution >= 4 is 30.9 Å². The molecule has 10 nitrogen and oxygen atoms in total. The zero-order chi connectivity index (χ0) is 31.1. The lowest BCUT2D eigenvalue weighted by atomic mass is 10.1. The number of hydrogen-bond acceptors (Lipinski definition) is 8. The molecular weight excluding hydrogens is 553 g/mol. The maximum Gasteiger partial charge on any atom is 0.435 e. The summed E-state index contributed by atoms with van der Waals surface area (Å²) in [5.74, 6) is 0.610. The lowest BCUT2D eigenvalue weighted by molar-refractivity contribution is -0.141. The van der Waals surface area contributed by atoms with Crippen LogP contribution in [0.3, 0.4) is 0 Å². The SMILES string of the molecule is C=C/C=C(\N=C)n1cc(C)c(C(F)(F)F)n1.CO.O=CC[C@@H]1CC[C@@H](Oc2ncc(-c3ccc(NC=O)cc3)cn2)C1. The fourth-order valence-corrected chi connectivity index (χ4v) is 4.15. The summed E-state index contributed by atoms with van der Waals surface area (Å²) < 4.78 is 44.2. The third-order valence-electron chi connectivity index (χ3n) is 6.10. The number of aliphatic imine (C=N–C) groups is 1. The Morgan fingerprint density at radius 1 is 1.17 bits per heavy atom. The largest absolute Gasteiger partial charge is 0.460 e.